The van der Waals surface area contributed by atoms with E-state index in [4.69, 9.17) is 4.74 Å². The second kappa shape index (κ2) is 7.93. The Bertz CT molecular complexity index is 437. The molecule has 0 bridgehead atoms. The van der Waals surface area contributed by atoms with Crippen LogP contribution in [0.25, 0.3) is 0 Å². The molecule has 1 saturated carbocycles. The van der Waals surface area contributed by atoms with Gasteiger partial charge in [0, 0.05) is 13.5 Å². The summed E-state index contributed by atoms with van der Waals surface area (Å²) in [7, 11) is 1.66. The lowest BCUT2D eigenvalue weighted by Crippen LogP contribution is -2.16. The standard InChI is InChI=1S/C15H23BrN2O2/c1-20-9-8-18-15(13(16)11-17-18)14(19)10-12-6-4-2-3-5-7-12/h11-12H,2-10H2,1H3. The van der Waals surface area contributed by atoms with Gasteiger partial charge in [-0.25, -0.2) is 0 Å². The molecule has 0 unspecified atom stereocenters. The monoisotopic (exact) mass is 342 g/mol. The van der Waals surface area contributed by atoms with Crippen molar-refractivity contribution in [1.82, 2.24) is 9.78 Å². The highest BCUT2D eigenvalue weighted by molar-refractivity contribution is 9.10. The van der Waals surface area contributed by atoms with Crippen molar-refractivity contribution in [2.75, 3.05) is 13.7 Å². The van der Waals surface area contributed by atoms with E-state index in [1.165, 1.54) is 38.5 Å². The Labute approximate surface area is 129 Å². The van der Waals surface area contributed by atoms with Crippen LogP contribution < -0.4 is 0 Å². The van der Waals surface area contributed by atoms with Crippen LogP contribution in [-0.2, 0) is 11.3 Å². The highest BCUT2D eigenvalue weighted by atomic mass is 79.9. The van der Waals surface area contributed by atoms with Crippen molar-refractivity contribution < 1.29 is 9.53 Å². The minimum Gasteiger partial charge on any atom is -0.383 e. The molecule has 1 aliphatic rings. The number of ether oxygens (including phenoxy) is 1. The number of rotatable bonds is 6. The summed E-state index contributed by atoms with van der Waals surface area (Å²) in [4.78, 5) is 12.6. The predicted molar refractivity (Wildman–Crippen MR) is 81.9 cm³/mol. The SMILES string of the molecule is COCCn1ncc(Br)c1C(=O)CC1CCCCCC1. The van der Waals surface area contributed by atoms with Gasteiger partial charge in [0.1, 0.15) is 5.69 Å². The Morgan fingerprint density at radius 1 is 1.40 bits per heavy atom. The zero-order valence-corrected chi connectivity index (χ0v) is 13.7. The molecule has 1 aromatic heterocycles. The van der Waals surface area contributed by atoms with Gasteiger partial charge in [0.15, 0.2) is 5.78 Å². The molecule has 0 spiro atoms. The Morgan fingerprint density at radius 2 is 2.10 bits per heavy atom. The van der Waals surface area contributed by atoms with Crippen LogP contribution in [0.2, 0.25) is 0 Å². The molecule has 1 heterocycles. The normalized spacial score (nSPS) is 17.1. The second-order valence-electron chi connectivity index (χ2n) is 5.54. The number of aromatic nitrogens is 2. The minimum atomic E-state index is 0.206. The first-order valence-electron chi connectivity index (χ1n) is 7.46. The highest BCUT2D eigenvalue weighted by Crippen LogP contribution is 2.28. The van der Waals surface area contributed by atoms with Crippen LogP contribution in [0.3, 0.4) is 0 Å². The summed E-state index contributed by atoms with van der Waals surface area (Å²) in [6.45, 7) is 1.19. The smallest absolute Gasteiger partial charge is 0.182 e. The Hall–Kier alpha value is -0.680. The summed E-state index contributed by atoms with van der Waals surface area (Å²) in [6.07, 6.45) is 9.91. The van der Waals surface area contributed by atoms with Gasteiger partial charge in [0.2, 0.25) is 0 Å². The van der Waals surface area contributed by atoms with Crippen molar-refractivity contribution >= 4 is 21.7 Å². The number of halogens is 1. The summed E-state index contributed by atoms with van der Waals surface area (Å²) in [5, 5.41) is 4.25. The first kappa shape index (κ1) is 15.7. The summed E-state index contributed by atoms with van der Waals surface area (Å²) < 4.78 is 7.62. The van der Waals surface area contributed by atoms with Crippen molar-refractivity contribution in [1.29, 1.82) is 0 Å². The lowest BCUT2D eigenvalue weighted by Gasteiger charge is -2.14. The number of methoxy groups -OCH3 is 1. The molecular formula is C15H23BrN2O2. The third kappa shape index (κ3) is 4.16. The van der Waals surface area contributed by atoms with Crippen LogP contribution in [0.5, 0.6) is 0 Å². The molecule has 0 saturated heterocycles. The van der Waals surface area contributed by atoms with E-state index in [0.29, 0.717) is 31.2 Å². The molecule has 0 amide bonds. The fourth-order valence-corrected chi connectivity index (χ4v) is 3.43. The van der Waals surface area contributed by atoms with Gasteiger partial charge >= 0.3 is 0 Å². The molecule has 0 atom stereocenters. The maximum Gasteiger partial charge on any atom is 0.182 e. The number of nitrogens with zero attached hydrogens (tertiary/aromatic N) is 2. The van der Waals surface area contributed by atoms with Crippen molar-refractivity contribution in [3.63, 3.8) is 0 Å². The number of carbonyl (C=O) groups excluding carboxylic acids is 1. The van der Waals surface area contributed by atoms with Gasteiger partial charge in [-0.3, -0.25) is 9.48 Å². The molecule has 2 rings (SSSR count). The molecule has 0 aromatic carbocycles. The van der Waals surface area contributed by atoms with E-state index in [1.54, 1.807) is 18.0 Å². The number of hydrogen-bond acceptors (Lipinski definition) is 3. The fraction of sp³-hybridized carbons (Fsp3) is 0.733. The molecule has 1 aromatic rings. The Morgan fingerprint density at radius 3 is 2.75 bits per heavy atom. The second-order valence-corrected chi connectivity index (χ2v) is 6.40. The molecule has 0 N–H and O–H groups in total. The van der Waals surface area contributed by atoms with E-state index >= 15 is 0 Å². The maximum atomic E-state index is 12.6. The predicted octanol–water partition coefficient (Wildman–Crippen LogP) is 3.84. The first-order chi connectivity index (χ1) is 9.72. The van der Waals surface area contributed by atoms with Crippen LogP contribution in [-0.4, -0.2) is 29.3 Å². The highest BCUT2D eigenvalue weighted by Gasteiger charge is 2.22. The Kier molecular flexibility index (Phi) is 6.23. The average molecular weight is 343 g/mol. The van der Waals surface area contributed by atoms with E-state index in [9.17, 15) is 4.79 Å². The molecule has 1 fully saturated rings. The van der Waals surface area contributed by atoms with Gasteiger partial charge in [-0.2, -0.15) is 5.10 Å². The number of hydrogen-bond donors (Lipinski definition) is 0. The summed E-state index contributed by atoms with van der Waals surface area (Å²) in [5.74, 6) is 0.750. The molecule has 0 radical (unpaired) electrons. The van der Waals surface area contributed by atoms with E-state index in [2.05, 4.69) is 21.0 Å². The first-order valence-corrected chi connectivity index (χ1v) is 8.25. The van der Waals surface area contributed by atoms with Crippen molar-refractivity contribution in [3.8, 4) is 0 Å². The third-order valence-corrected chi connectivity index (χ3v) is 4.60. The third-order valence-electron chi connectivity index (χ3n) is 4.01. The summed E-state index contributed by atoms with van der Waals surface area (Å²) in [5.41, 5.74) is 0.700. The molecular weight excluding hydrogens is 320 g/mol. The summed E-state index contributed by atoms with van der Waals surface area (Å²) in [6, 6.07) is 0. The maximum absolute atomic E-state index is 12.6. The van der Waals surface area contributed by atoms with Crippen LogP contribution in [0.1, 0.15) is 55.4 Å². The number of ketones is 1. The van der Waals surface area contributed by atoms with Crippen LogP contribution in [0.15, 0.2) is 10.7 Å². The van der Waals surface area contributed by atoms with Gasteiger partial charge in [-0.15, -0.1) is 0 Å². The number of carbonyl (C=O) groups is 1. The van der Waals surface area contributed by atoms with Crippen molar-refractivity contribution in [2.45, 2.75) is 51.5 Å². The van der Waals surface area contributed by atoms with Crippen LogP contribution in [0.4, 0.5) is 0 Å². The van der Waals surface area contributed by atoms with E-state index in [1.807, 2.05) is 0 Å². The van der Waals surface area contributed by atoms with E-state index in [0.717, 1.165) is 4.47 Å². The quantitative estimate of drug-likeness (QED) is 0.582. The molecule has 112 valence electrons. The minimum absolute atomic E-state index is 0.206. The average Bonchev–Trinajstić information content (AvgIpc) is 2.63. The topological polar surface area (TPSA) is 44.1 Å². The zero-order valence-electron chi connectivity index (χ0n) is 12.1. The molecule has 1 aliphatic carbocycles. The zero-order chi connectivity index (χ0) is 14.4. The molecule has 5 heteroatoms. The van der Waals surface area contributed by atoms with Gasteiger partial charge in [0.05, 0.1) is 23.8 Å². The van der Waals surface area contributed by atoms with Crippen LogP contribution in [0, 0.1) is 5.92 Å². The van der Waals surface area contributed by atoms with Crippen molar-refractivity contribution in [3.05, 3.63) is 16.4 Å². The lowest BCUT2D eigenvalue weighted by atomic mass is 9.93. The fourth-order valence-electron chi connectivity index (χ4n) is 2.91. The van der Waals surface area contributed by atoms with Gasteiger partial charge in [0.25, 0.3) is 0 Å². The molecule has 20 heavy (non-hydrogen) atoms. The lowest BCUT2D eigenvalue weighted by molar-refractivity contribution is 0.0942. The van der Waals surface area contributed by atoms with Gasteiger partial charge in [-0.05, 0) is 21.8 Å². The number of Topliss-reactive ketones (excluding diaryl/α,β-unsaturated/α-hetero) is 1. The molecule has 0 aliphatic heterocycles. The summed E-state index contributed by atoms with van der Waals surface area (Å²) >= 11 is 3.44. The van der Waals surface area contributed by atoms with Crippen molar-refractivity contribution in [2.24, 2.45) is 5.92 Å². The molecule has 4 nitrogen and oxygen atoms in total. The van der Waals surface area contributed by atoms with E-state index in [-0.39, 0.29) is 5.78 Å². The van der Waals surface area contributed by atoms with Gasteiger partial charge in [-0.1, -0.05) is 38.5 Å². The Balaban J connectivity index is 2.02. The van der Waals surface area contributed by atoms with E-state index < -0.39 is 0 Å². The van der Waals surface area contributed by atoms with Gasteiger partial charge < -0.3 is 4.74 Å². The largest absolute Gasteiger partial charge is 0.383 e. The van der Waals surface area contributed by atoms with Crippen LogP contribution >= 0.6 is 15.9 Å².